The van der Waals surface area contributed by atoms with Crippen LogP contribution < -0.4 is 15.4 Å². The van der Waals surface area contributed by atoms with Gasteiger partial charge in [-0.3, -0.25) is 14.4 Å². The maximum absolute atomic E-state index is 13.4. The van der Waals surface area contributed by atoms with Gasteiger partial charge in [0.2, 0.25) is 5.91 Å². The SMILES string of the molecule is CCC1(NC(=O)c2ccc3c(c2)C2(CCO3)CC2C(=O)Nc2cc(C#N)ccc2CCCC(=O)O)CC1. The molecule has 0 bridgehead atoms. The van der Waals surface area contributed by atoms with Crippen LogP contribution in [0.3, 0.4) is 0 Å². The summed E-state index contributed by atoms with van der Waals surface area (Å²) in [4.78, 5) is 37.3. The minimum absolute atomic E-state index is 0.0329. The molecule has 2 aromatic carbocycles. The fraction of sp³-hybridized carbons (Fsp3) is 0.448. The molecule has 37 heavy (non-hydrogen) atoms. The van der Waals surface area contributed by atoms with E-state index in [0.29, 0.717) is 49.1 Å². The molecular weight excluding hydrogens is 470 g/mol. The fourth-order valence-electron chi connectivity index (χ4n) is 5.55. The molecule has 0 saturated heterocycles. The fourth-order valence-corrected chi connectivity index (χ4v) is 5.55. The Morgan fingerprint density at radius 3 is 2.68 bits per heavy atom. The van der Waals surface area contributed by atoms with E-state index in [0.717, 1.165) is 36.1 Å². The molecule has 2 aliphatic carbocycles. The Morgan fingerprint density at radius 1 is 1.16 bits per heavy atom. The summed E-state index contributed by atoms with van der Waals surface area (Å²) in [5.41, 5.74) is 2.80. The highest BCUT2D eigenvalue weighted by Crippen LogP contribution is 2.61. The number of carbonyl (C=O) groups excluding carboxylic acids is 2. The summed E-state index contributed by atoms with van der Waals surface area (Å²) in [5, 5.41) is 24.5. The number of ether oxygens (including phenoxy) is 1. The maximum atomic E-state index is 13.4. The second kappa shape index (κ2) is 9.55. The highest BCUT2D eigenvalue weighted by atomic mass is 16.5. The van der Waals surface area contributed by atoms with Crippen molar-refractivity contribution in [3.8, 4) is 11.8 Å². The van der Waals surface area contributed by atoms with Crippen molar-refractivity contribution in [3.05, 3.63) is 58.7 Å². The van der Waals surface area contributed by atoms with Crippen molar-refractivity contribution in [3.63, 3.8) is 0 Å². The number of aryl methyl sites for hydroxylation is 1. The number of nitrogens with zero attached hydrogens (tertiary/aromatic N) is 1. The number of hydrogen-bond acceptors (Lipinski definition) is 5. The lowest BCUT2D eigenvalue weighted by Crippen LogP contribution is -2.36. The van der Waals surface area contributed by atoms with E-state index >= 15 is 0 Å². The first-order valence-corrected chi connectivity index (χ1v) is 12.9. The minimum atomic E-state index is -0.868. The maximum Gasteiger partial charge on any atom is 0.303 e. The number of amides is 2. The molecule has 8 heteroatoms. The lowest BCUT2D eigenvalue weighted by atomic mass is 9.86. The van der Waals surface area contributed by atoms with Gasteiger partial charge in [-0.1, -0.05) is 13.0 Å². The molecule has 1 aliphatic heterocycles. The van der Waals surface area contributed by atoms with Crippen LogP contribution in [0.25, 0.3) is 0 Å². The largest absolute Gasteiger partial charge is 0.493 e. The van der Waals surface area contributed by atoms with Crippen LogP contribution in [0.2, 0.25) is 0 Å². The zero-order chi connectivity index (χ0) is 26.2. The Labute approximate surface area is 216 Å². The Morgan fingerprint density at radius 2 is 1.97 bits per heavy atom. The van der Waals surface area contributed by atoms with Crippen LogP contribution in [0.4, 0.5) is 5.69 Å². The third kappa shape index (κ3) is 4.91. The van der Waals surface area contributed by atoms with Gasteiger partial charge in [0, 0.05) is 40.1 Å². The average Bonchev–Trinajstić information content (AvgIpc) is 3.81. The predicted octanol–water partition coefficient (Wildman–Crippen LogP) is 4.32. The van der Waals surface area contributed by atoms with Gasteiger partial charge in [-0.2, -0.15) is 5.26 Å². The molecule has 0 aromatic heterocycles. The number of anilines is 1. The first kappa shape index (κ1) is 24.8. The molecule has 2 unspecified atom stereocenters. The highest BCUT2D eigenvalue weighted by Gasteiger charge is 2.61. The van der Waals surface area contributed by atoms with Crippen molar-refractivity contribution in [2.24, 2.45) is 5.92 Å². The summed E-state index contributed by atoms with van der Waals surface area (Å²) in [5.74, 6) is -0.663. The standard InChI is InChI=1S/C29H31N3O5/c1-2-28(10-11-28)32-26(35)20-8-9-24-21(15-20)29(12-13-37-24)16-22(29)27(36)31-23-14-18(17-30)6-7-19(23)4-3-5-25(33)34/h6-9,14-15,22H,2-5,10-13,16H2,1H3,(H,31,36)(H,32,35)(H,33,34). The molecule has 1 spiro atoms. The van der Waals surface area contributed by atoms with Crippen molar-refractivity contribution in [2.45, 2.75) is 69.2 Å². The third-order valence-corrected chi connectivity index (χ3v) is 8.22. The van der Waals surface area contributed by atoms with E-state index < -0.39 is 5.97 Å². The summed E-state index contributed by atoms with van der Waals surface area (Å²) < 4.78 is 5.88. The molecule has 0 radical (unpaired) electrons. The van der Waals surface area contributed by atoms with Crippen molar-refractivity contribution in [2.75, 3.05) is 11.9 Å². The smallest absolute Gasteiger partial charge is 0.303 e. The van der Waals surface area contributed by atoms with E-state index in [-0.39, 0.29) is 35.1 Å². The number of carboxylic acid groups (broad SMARTS) is 1. The number of fused-ring (bicyclic) bond motifs is 2. The molecule has 2 amide bonds. The molecule has 2 saturated carbocycles. The summed E-state index contributed by atoms with van der Waals surface area (Å²) in [6.45, 7) is 2.59. The molecule has 1 heterocycles. The molecule has 3 N–H and O–H groups in total. The Hall–Kier alpha value is -3.86. The Kier molecular flexibility index (Phi) is 6.40. The van der Waals surface area contributed by atoms with E-state index in [9.17, 15) is 19.6 Å². The quantitative estimate of drug-likeness (QED) is 0.470. The number of nitrogens with one attached hydrogen (secondary N) is 2. The van der Waals surface area contributed by atoms with Crippen molar-refractivity contribution in [1.82, 2.24) is 5.32 Å². The van der Waals surface area contributed by atoms with E-state index in [1.54, 1.807) is 24.3 Å². The van der Waals surface area contributed by atoms with Crippen LogP contribution >= 0.6 is 0 Å². The number of carboxylic acids is 1. The van der Waals surface area contributed by atoms with E-state index in [2.05, 4.69) is 23.6 Å². The molecule has 5 rings (SSSR count). The molecule has 2 atom stereocenters. The second-order valence-electron chi connectivity index (χ2n) is 10.5. The van der Waals surface area contributed by atoms with Gasteiger partial charge >= 0.3 is 5.97 Å². The number of hydrogen-bond donors (Lipinski definition) is 3. The van der Waals surface area contributed by atoms with Crippen molar-refractivity contribution in [1.29, 1.82) is 5.26 Å². The summed E-state index contributed by atoms with van der Waals surface area (Å²) >= 11 is 0. The van der Waals surface area contributed by atoms with Crippen LogP contribution in [0.15, 0.2) is 36.4 Å². The van der Waals surface area contributed by atoms with Crippen LogP contribution in [0.5, 0.6) is 5.75 Å². The molecule has 2 fully saturated rings. The van der Waals surface area contributed by atoms with Gasteiger partial charge in [-0.15, -0.1) is 0 Å². The Balaban J connectivity index is 1.34. The number of rotatable bonds is 9. The van der Waals surface area contributed by atoms with Crippen LogP contribution in [0, 0.1) is 17.2 Å². The van der Waals surface area contributed by atoms with Gasteiger partial charge in [0.1, 0.15) is 5.75 Å². The normalized spacial score (nSPS) is 22.2. The Bertz CT molecular complexity index is 1310. The van der Waals surface area contributed by atoms with Gasteiger partial charge in [0.15, 0.2) is 0 Å². The summed E-state index contributed by atoms with van der Waals surface area (Å²) in [7, 11) is 0. The molecule has 2 aromatic rings. The van der Waals surface area contributed by atoms with E-state index in [4.69, 9.17) is 9.84 Å². The van der Waals surface area contributed by atoms with Crippen molar-refractivity contribution < 1.29 is 24.2 Å². The first-order chi connectivity index (χ1) is 17.8. The summed E-state index contributed by atoms with van der Waals surface area (Å²) in [6, 6.07) is 12.7. The highest BCUT2D eigenvalue weighted by molar-refractivity contribution is 5.98. The first-order valence-electron chi connectivity index (χ1n) is 12.9. The monoisotopic (exact) mass is 501 g/mol. The second-order valence-corrected chi connectivity index (χ2v) is 10.5. The molecule has 3 aliphatic rings. The number of nitriles is 1. The van der Waals surface area contributed by atoms with Crippen molar-refractivity contribution >= 4 is 23.5 Å². The zero-order valence-corrected chi connectivity index (χ0v) is 20.9. The lowest BCUT2D eigenvalue weighted by molar-refractivity contribution is -0.137. The van der Waals surface area contributed by atoms with Gasteiger partial charge in [0.05, 0.1) is 18.2 Å². The number of aliphatic carboxylic acids is 1. The molecule has 8 nitrogen and oxygen atoms in total. The van der Waals surface area contributed by atoms with E-state index in [1.165, 1.54) is 0 Å². The van der Waals surface area contributed by atoms with Crippen LogP contribution in [0.1, 0.15) is 78.9 Å². The number of carbonyl (C=O) groups is 3. The molecular formula is C29H31N3O5. The third-order valence-electron chi connectivity index (χ3n) is 8.22. The topological polar surface area (TPSA) is 129 Å². The van der Waals surface area contributed by atoms with Crippen LogP contribution in [-0.2, 0) is 21.4 Å². The van der Waals surface area contributed by atoms with Gasteiger partial charge in [-0.05, 0) is 80.8 Å². The molecule has 192 valence electrons. The van der Waals surface area contributed by atoms with Crippen LogP contribution in [-0.4, -0.2) is 35.0 Å². The van der Waals surface area contributed by atoms with Gasteiger partial charge in [-0.25, -0.2) is 0 Å². The predicted molar refractivity (Wildman–Crippen MR) is 136 cm³/mol. The minimum Gasteiger partial charge on any atom is -0.493 e. The van der Waals surface area contributed by atoms with Gasteiger partial charge < -0.3 is 20.5 Å². The average molecular weight is 502 g/mol. The van der Waals surface area contributed by atoms with Gasteiger partial charge in [0.25, 0.3) is 5.91 Å². The zero-order valence-electron chi connectivity index (χ0n) is 20.9. The van der Waals surface area contributed by atoms with E-state index in [1.807, 2.05) is 12.1 Å². The summed E-state index contributed by atoms with van der Waals surface area (Å²) in [6.07, 6.45) is 5.21. The lowest BCUT2D eigenvalue weighted by Gasteiger charge is -2.27. The number of benzene rings is 2.